The van der Waals surface area contributed by atoms with Gasteiger partial charge in [0.1, 0.15) is 0 Å². The first-order valence-electron chi connectivity index (χ1n) is 8.14. The summed E-state index contributed by atoms with van der Waals surface area (Å²) in [6.45, 7) is 11.2. The molecule has 7 nitrogen and oxygen atoms in total. The van der Waals surface area contributed by atoms with Crippen molar-refractivity contribution < 1.29 is 4.79 Å². The maximum Gasteiger partial charge on any atom is 0.256 e. The standard InChI is InChI=1S/C17H22N6O/c1-6-22-12(5)14(9-18-22)20-17(24)13-8-10(3)19-16-15(13)11(4)21-23(16)7-2/h8-9H,6-7H2,1-5H3,(H,20,24). The Labute approximate surface area is 140 Å². The fourth-order valence-corrected chi connectivity index (χ4v) is 2.96. The number of hydrogen-bond donors (Lipinski definition) is 1. The summed E-state index contributed by atoms with van der Waals surface area (Å²) in [6.07, 6.45) is 1.68. The average Bonchev–Trinajstić information content (AvgIpc) is 3.07. The molecule has 7 heteroatoms. The van der Waals surface area contributed by atoms with E-state index in [-0.39, 0.29) is 5.91 Å². The monoisotopic (exact) mass is 326 g/mol. The zero-order chi connectivity index (χ0) is 17.4. The molecule has 1 N–H and O–H groups in total. The van der Waals surface area contributed by atoms with Crippen LogP contribution in [0.2, 0.25) is 0 Å². The lowest BCUT2D eigenvalue weighted by atomic mass is 10.1. The number of aromatic nitrogens is 5. The van der Waals surface area contributed by atoms with Crippen LogP contribution < -0.4 is 5.32 Å². The summed E-state index contributed by atoms with van der Waals surface area (Å²) >= 11 is 0. The molecule has 0 atom stereocenters. The van der Waals surface area contributed by atoms with E-state index in [1.807, 2.05) is 50.0 Å². The van der Waals surface area contributed by atoms with Gasteiger partial charge in [-0.1, -0.05) is 0 Å². The van der Waals surface area contributed by atoms with E-state index in [0.717, 1.165) is 40.3 Å². The number of nitrogens with one attached hydrogen (secondary N) is 1. The van der Waals surface area contributed by atoms with Crippen LogP contribution in [0, 0.1) is 20.8 Å². The topological polar surface area (TPSA) is 77.6 Å². The number of carbonyl (C=O) groups excluding carboxylic acids is 1. The molecule has 24 heavy (non-hydrogen) atoms. The van der Waals surface area contributed by atoms with Crippen molar-refractivity contribution >= 4 is 22.6 Å². The minimum absolute atomic E-state index is 0.164. The van der Waals surface area contributed by atoms with E-state index in [1.165, 1.54) is 0 Å². The van der Waals surface area contributed by atoms with Crippen LogP contribution in [0.5, 0.6) is 0 Å². The highest BCUT2D eigenvalue weighted by atomic mass is 16.1. The minimum atomic E-state index is -0.164. The first kappa shape index (κ1) is 16.2. The van der Waals surface area contributed by atoms with Gasteiger partial charge in [-0.15, -0.1) is 0 Å². The normalized spacial score (nSPS) is 11.2. The summed E-state index contributed by atoms with van der Waals surface area (Å²) in [6, 6.07) is 1.81. The molecule has 0 fully saturated rings. The Bertz CT molecular complexity index is 921. The van der Waals surface area contributed by atoms with Gasteiger partial charge in [-0.2, -0.15) is 10.2 Å². The second kappa shape index (κ2) is 6.07. The number of aryl methyl sites for hydroxylation is 4. The third-order valence-corrected chi connectivity index (χ3v) is 4.20. The van der Waals surface area contributed by atoms with E-state index in [2.05, 4.69) is 20.5 Å². The van der Waals surface area contributed by atoms with Crippen molar-refractivity contribution in [1.29, 1.82) is 0 Å². The van der Waals surface area contributed by atoms with Gasteiger partial charge in [-0.25, -0.2) is 9.67 Å². The molecule has 0 spiro atoms. The zero-order valence-electron chi connectivity index (χ0n) is 14.7. The lowest BCUT2D eigenvalue weighted by molar-refractivity contribution is 0.102. The third-order valence-electron chi connectivity index (χ3n) is 4.20. The molecular weight excluding hydrogens is 304 g/mol. The molecule has 0 bridgehead atoms. The molecule has 0 aliphatic heterocycles. The molecule has 0 saturated carbocycles. The lowest BCUT2D eigenvalue weighted by Gasteiger charge is -2.08. The van der Waals surface area contributed by atoms with Crippen molar-refractivity contribution in [3.05, 3.63) is 34.9 Å². The van der Waals surface area contributed by atoms with Gasteiger partial charge >= 0.3 is 0 Å². The number of amides is 1. The Morgan fingerprint density at radius 1 is 1.17 bits per heavy atom. The maximum atomic E-state index is 12.9. The van der Waals surface area contributed by atoms with E-state index in [0.29, 0.717) is 12.1 Å². The second-order valence-electron chi connectivity index (χ2n) is 5.82. The van der Waals surface area contributed by atoms with Gasteiger partial charge in [0.05, 0.1) is 34.2 Å². The molecule has 0 aliphatic rings. The number of pyridine rings is 1. The molecule has 0 aliphatic carbocycles. The van der Waals surface area contributed by atoms with Gasteiger partial charge in [-0.05, 0) is 40.7 Å². The maximum absolute atomic E-state index is 12.9. The van der Waals surface area contributed by atoms with Crippen LogP contribution in [0.15, 0.2) is 12.3 Å². The van der Waals surface area contributed by atoms with Crippen molar-refractivity contribution in [2.75, 3.05) is 5.32 Å². The molecule has 3 rings (SSSR count). The van der Waals surface area contributed by atoms with E-state index >= 15 is 0 Å². The van der Waals surface area contributed by atoms with Gasteiger partial charge in [0.15, 0.2) is 5.65 Å². The lowest BCUT2D eigenvalue weighted by Crippen LogP contribution is -2.14. The Hall–Kier alpha value is -2.70. The van der Waals surface area contributed by atoms with Crippen molar-refractivity contribution in [2.24, 2.45) is 0 Å². The first-order chi connectivity index (χ1) is 11.5. The van der Waals surface area contributed by atoms with Gasteiger partial charge in [0.25, 0.3) is 5.91 Å². The van der Waals surface area contributed by atoms with E-state index < -0.39 is 0 Å². The van der Waals surface area contributed by atoms with Crippen molar-refractivity contribution in [1.82, 2.24) is 24.5 Å². The highest BCUT2D eigenvalue weighted by Gasteiger charge is 2.19. The van der Waals surface area contributed by atoms with Gasteiger partial charge in [0, 0.05) is 18.8 Å². The van der Waals surface area contributed by atoms with Crippen LogP contribution in [0.1, 0.15) is 41.3 Å². The predicted octanol–water partition coefficient (Wildman–Crippen LogP) is 2.85. The summed E-state index contributed by atoms with van der Waals surface area (Å²) in [5.74, 6) is -0.164. The summed E-state index contributed by atoms with van der Waals surface area (Å²) in [5, 5.41) is 12.5. The number of hydrogen-bond acceptors (Lipinski definition) is 4. The van der Waals surface area contributed by atoms with Crippen LogP contribution in [0.3, 0.4) is 0 Å². The van der Waals surface area contributed by atoms with Crippen LogP contribution in [-0.2, 0) is 13.1 Å². The molecule has 3 heterocycles. The molecule has 1 amide bonds. The van der Waals surface area contributed by atoms with Gasteiger partial charge < -0.3 is 5.32 Å². The van der Waals surface area contributed by atoms with Crippen LogP contribution in [0.25, 0.3) is 11.0 Å². The number of anilines is 1. The molecule has 3 aromatic heterocycles. The highest BCUT2D eigenvalue weighted by Crippen LogP contribution is 2.24. The Morgan fingerprint density at radius 2 is 1.88 bits per heavy atom. The molecule has 126 valence electrons. The SMILES string of the molecule is CCn1ncc(NC(=O)c2cc(C)nc3c2c(C)nn3CC)c1C. The summed E-state index contributed by atoms with van der Waals surface area (Å²) in [5.41, 5.74) is 4.62. The zero-order valence-corrected chi connectivity index (χ0v) is 14.7. The van der Waals surface area contributed by atoms with Crippen molar-refractivity contribution in [2.45, 2.75) is 47.7 Å². The fourth-order valence-electron chi connectivity index (χ4n) is 2.96. The van der Waals surface area contributed by atoms with Crippen LogP contribution in [-0.4, -0.2) is 30.5 Å². The van der Waals surface area contributed by atoms with Gasteiger partial charge in [0.2, 0.25) is 0 Å². The quantitative estimate of drug-likeness (QED) is 0.799. The Kier molecular flexibility index (Phi) is 4.09. The first-order valence-corrected chi connectivity index (χ1v) is 8.14. The number of carbonyl (C=O) groups is 1. The Morgan fingerprint density at radius 3 is 2.50 bits per heavy atom. The van der Waals surface area contributed by atoms with Crippen molar-refractivity contribution in [3.8, 4) is 0 Å². The molecular formula is C17H22N6O. The second-order valence-corrected chi connectivity index (χ2v) is 5.82. The van der Waals surface area contributed by atoms with E-state index in [1.54, 1.807) is 6.20 Å². The van der Waals surface area contributed by atoms with Crippen LogP contribution in [0.4, 0.5) is 5.69 Å². The summed E-state index contributed by atoms with van der Waals surface area (Å²) in [4.78, 5) is 17.4. The molecule has 0 unspecified atom stereocenters. The third kappa shape index (κ3) is 2.55. The molecule has 0 saturated heterocycles. The molecule has 3 aromatic rings. The number of nitrogens with zero attached hydrogens (tertiary/aromatic N) is 5. The molecule has 0 aromatic carbocycles. The molecule has 0 radical (unpaired) electrons. The summed E-state index contributed by atoms with van der Waals surface area (Å²) in [7, 11) is 0. The number of rotatable bonds is 4. The van der Waals surface area contributed by atoms with Gasteiger partial charge in [-0.3, -0.25) is 9.48 Å². The van der Waals surface area contributed by atoms with E-state index in [9.17, 15) is 4.79 Å². The average molecular weight is 326 g/mol. The summed E-state index contributed by atoms with van der Waals surface area (Å²) < 4.78 is 3.68. The minimum Gasteiger partial charge on any atom is -0.319 e. The Balaban J connectivity index is 2.06. The van der Waals surface area contributed by atoms with Crippen molar-refractivity contribution in [3.63, 3.8) is 0 Å². The predicted molar refractivity (Wildman–Crippen MR) is 93.3 cm³/mol. The fraction of sp³-hybridized carbons (Fsp3) is 0.412. The highest BCUT2D eigenvalue weighted by molar-refractivity contribution is 6.12. The largest absolute Gasteiger partial charge is 0.319 e. The number of fused-ring (bicyclic) bond motifs is 1. The van der Waals surface area contributed by atoms with Crippen LogP contribution >= 0.6 is 0 Å². The van der Waals surface area contributed by atoms with E-state index in [4.69, 9.17) is 0 Å². The smallest absolute Gasteiger partial charge is 0.256 e.